The van der Waals surface area contributed by atoms with Gasteiger partial charge in [-0.15, -0.1) is 11.6 Å². The predicted molar refractivity (Wildman–Crippen MR) is 150 cm³/mol. The lowest BCUT2D eigenvalue weighted by Crippen LogP contribution is -1.95. The molecule has 0 aromatic heterocycles. The number of hydrogen-bond donors (Lipinski definition) is 1. The smallest absolute Gasteiger partial charge is 0.119 e. The molecule has 184 valence electrons. The van der Waals surface area contributed by atoms with Gasteiger partial charge in [-0.2, -0.15) is 0 Å². The van der Waals surface area contributed by atoms with E-state index in [9.17, 15) is 0 Å². The Hall–Kier alpha value is -2.67. The third kappa shape index (κ3) is 11.5. The number of methoxy groups -OCH3 is 2. The highest BCUT2D eigenvalue weighted by molar-refractivity contribution is 9.10. The van der Waals surface area contributed by atoms with Crippen LogP contribution in [0.1, 0.15) is 11.1 Å². The lowest BCUT2D eigenvalue weighted by atomic mass is 10.2. The van der Waals surface area contributed by atoms with Gasteiger partial charge in [-0.1, -0.05) is 56.1 Å². The van der Waals surface area contributed by atoms with Crippen LogP contribution in [0.3, 0.4) is 0 Å². The highest BCUT2D eigenvalue weighted by atomic mass is 79.9. The summed E-state index contributed by atoms with van der Waals surface area (Å²) < 4.78 is 17.8. The van der Waals surface area contributed by atoms with E-state index in [2.05, 4.69) is 31.9 Å². The highest BCUT2D eigenvalue weighted by Crippen LogP contribution is 2.18. The van der Waals surface area contributed by atoms with Crippen molar-refractivity contribution in [1.82, 2.24) is 0 Å². The van der Waals surface area contributed by atoms with Crippen LogP contribution in [-0.4, -0.2) is 19.3 Å². The SMILES string of the molecule is COc1ccc(CCl)cc1.COc1ccc(COc2ccc(Br)cc2)cc1.Oc1ccc(Br)cc1. The molecule has 4 aromatic rings. The van der Waals surface area contributed by atoms with E-state index in [1.165, 1.54) is 0 Å². The molecule has 0 atom stereocenters. The Balaban J connectivity index is 0.000000204. The van der Waals surface area contributed by atoms with Crippen molar-refractivity contribution in [1.29, 1.82) is 0 Å². The van der Waals surface area contributed by atoms with E-state index in [-0.39, 0.29) is 0 Å². The number of hydrogen-bond acceptors (Lipinski definition) is 4. The molecule has 4 rings (SSSR count). The summed E-state index contributed by atoms with van der Waals surface area (Å²) in [6.45, 7) is 0.561. The van der Waals surface area contributed by atoms with Gasteiger partial charge in [0.15, 0.2) is 0 Å². The first kappa shape index (κ1) is 28.6. The Bertz CT molecular complexity index is 1060. The van der Waals surface area contributed by atoms with Gasteiger partial charge in [0.1, 0.15) is 29.6 Å². The molecule has 0 aliphatic heterocycles. The Morgan fingerprint density at radius 3 is 1.40 bits per heavy atom. The molecule has 0 saturated heterocycles. The number of phenols is 1. The standard InChI is InChI=1S/C14H13BrO2.C8H9ClO.C6H5BrO/c1-16-13-6-2-11(3-7-13)10-17-14-8-4-12(15)5-9-14;1-10-8-4-2-7(6-9)3-5-8;7-5-1-3-6(8)4-2-5/h2-9H,10H2,1H3;2-5H,6H2,1H3;1-4,8H. The van der Waals surface area contributed by atoms with Gasteiger partial charge in [0.25, 0.3) is 0 Å². The third-order valence-electron chi connectivity index (χ3n) is 4.52. The molecule has 1 N–H and O–H groups in total. The second-order valence-corrected chi connectivity index (χ2v) is 9.15. The molecule has 0 saturated carbocycles. The number of aromatic hydroxyl groups is 1. The topological polar surface area (TPSA) is 47.9 Å². The second-order valence-electron chi connectivity index (χ2n) is 7.05. The summed E-state index contributed by atoms with van der Waals surface area (Å²) in [6, 6.07) is 30.2. The zero-order valence-electron chi connectivity index (χ0n) is 19.5. The van der Waals surface area contributed by atoms with Gasteiger partial charge >= 0.3 is 0 Å². The van der Waals surface area contributed by atoms with Crippen molar-refractivity contribution in [2.24, 2.45) is 0 Å². The van der Waals surface area contributed by atoms with Crippen LogP contribution in [0.2, 0.25) is 0 Å². The zero-order chi connectivity index (χ0) is 25.5. The van der Waals surface area contributed by atoms with Crippen molar-refractivity contribution in [3.8, 4) is 23.0 Å². The molecule has 0 radical (unpaired) electrons. The van der Waals surface area contributed by atoms with Crippen molar-refractivity contribution >= 4 is 43.5 Å². The molecule has 0 fully saturated rings. The zero-order valence-corrected chi connectivity index (χ0v) is 23.4. The first-order valence-corrected chi connectivity index (χ1v) is 12.7. The summed E-state index contributed by atoms with van der Waals surface area (Å²) in [4.78, 5) is 0. The Morgan fingerprint density at radius 1 is 0.600 bits per heavy atom. The van der Waals surface area contributed by atoms with Crippen molar-refractivity contribution in [3.63, 3.8) is 0 Å². The predicted octanol–water partition coefficient (Wildman–Crippen LogP) is 8.63. The summed E-state index contributed by atoms with van der Waals surface area (Å²) >= 11 is 12.2. The Kier molecular flexibility index (Phi) is 13.1. The van der Waals surface area contributed by atoms with Crippen LogP contribution in [0.25, 0.3) is 0 Å². The molecule has 0 aliphatic carbocycles. The number of phenolic OH excluding ortho intramolecular Hbond substituents is 1. The summed E-state index contributed by atoms with van der Waals surface area (Å²) in [5.74, 6) is 3.45. The maximum Gasteiger partial charge on any atom is 0.119 e. The lowest BCUT2D eigenvalue weighted by Gasteiger charge is -2.07. The average molecular weight is 623 g/mol. The maximum absolute atomic E-state index is 8.74. The average Bonchev–Trinajstić information content (AvgIpc) is 2.91. The number of alkyl halides is 1. The molecule has 0 bridgehead atoms. The van der Waals surface area contributed by atoms with Gasteiger partial charge in [-0.25, -0.2) is 0 Å². The lowest BCUT2D eigenvalue weighted by molar-refractivity contribution is 0.306. The van der Waals surface area contributed by atoms with E-state index >= 15 is 0 Å². The number of benzene rings is 4. The summed E-state index contributed by atoms with van der Waals surface area (Å²) in [5, 5.41) is 8.74. The number of halogens is 3. The normalized spacial score (nSPS) is 9.63. The fraction of sp³-hybridized carbons (Fsp3) is 0.143. The molecule has 0 unspecified atom stereocenters. The monoisotopic (exact) mass is 620 g/mol. The Labute approximate surface area is 228 Å². The van der Waals surface area contributed by atoms with Crippen molar-refractivity contribution in [3.05, 3.63) is 117 Å². The maximum atomic E-state index is 8.74. The summed E-state index contributed by atoms with van der Waals surface area (Å²) in [5.41, 5.74) is 2.23. The summed E-state index contributed by atoms with van der Waals surface area (Å²) in [7, 11) is 3.31. The molecule has 7 heteroatoms. The molecule has 0 spiro atoms. The van der Waals surface area contributed by atoms with E-state index in [0.717, 1.165) is 37.3 Å². The van der Waals surface area contributed by atoms with Crippen LogP contribution in [0.4, 0.5) is 0 Å². The fourth-order valence-electron chi connectivity index (χ4n) is 2.57. The molecule has 0 heterocycles. The molecule has 35 heavy (non-hydrogen) atoms. The van der Waals surface area contributed by atoms with Crippen LogP contribution in [0, 0.1) is 0 Å². The molecular formula is C28H27Br2ClO4. The minimum absolute atomic E-state index is 0.299. The second kappa shape index (κ2) is 16.1. The van der Waals surface area contributed by atoms with Crippen molar-refractivity contribution in [2.45, 2.75) is 12.5 Å². The highest BCUT2D eigenvalue weighted by Gasteiger charge is 1.97. The number of ether oxygens (including phenoxy) is 3. The van der Waals surface area contributed by atoms with Crippen LogP contribution < -0.4 is 14.2 Å². The van der Waals surface area contributed by atoms with Gasteiger partial charge in [0.2, 0.25) is 0 Å². The molecule has 0 aliphatic rings. The van der Waals surface area contributed by atoms with Crippen molar-refractivity contribution < 1.29 is 19.3 Å². The van der Waals surface area contributed by atoms with E-state index in [1.807, 2.05) is 72.8 Å². The van der Waals surface area contributed by atoms with E-state index in [1.54, 1.807) is 38.5 Å². The van der Waals surface area contributed by atoms with Gasteiger partial charge in [0, 0.05) is 14.8 Å². The van der Waals surface area contributed by atoms with Gasteiger partial charge in [-0.3, -0.25) is 0 Å². The number of rotatable bonds is 6. The molecule has 0 amide bonds. The van der Waals surface area contributed by atoms with Crippen LogP contribution in [0.5, 0.6) is 23.0 Å². The largest absolute Gasteiger partial charge is 0.508 e. The van der Waals surface area contributed by atoms with Crippen LogP contribution >= 0.6 is 43.5 Å². The minimum Gasteiger partial charge on any atom is -0.508 e. The Morgan fingerprint density at radius 2 is 1.00 bits per heavy atom. The first-order valence-electron chi connectivity index (χ1n) is 10.6. The molecular weight excluding hydrogens is 596 g/mol. The quantitative estimate of drug-likeness (QED) is 0.219. The first-order chi connectivity index (χ1) is 16.9. The van der Waals surface area contributed by atoms with Gasteiger partial charge in [0.05, 0.1) is 14.2 Å². The minimum atomic E-state index is 0.299. The van der Waals surface area contributed by atoms with E-state index in [0.29, 0.717) is 18.2 Å². The molecule has 4 aromatic carbocycles. The summed E-state index contributed by atoms with van der Waals surface area (Å²) in [6.07, 6.45) is 0. The van der Waals surface area contributed by atoms with Crippen LogP contribution in [-0.2, 0) is 12.5 Å². The van der Waals surface area contributed by atoms with Crippen molar-refractivity contribution in [2.75, 3.05) is 14.2 Å². The van der Waals surface area contributed by atoms with E-state index in [4.69, 9.17) is 30.9 Å². The van der Waals surface area contributed by atoms with Gasteiger partial charge < -0.3 is 19.3 Å². The van der Waals surface area contributed by atoms with Crippen LogP contribution in [0.15, 0.2) is 106 Å². The van der Waals surface area contributed by atoms with E-state index < -0.39 is 0 Å². The molecule has 4 nitrogen and oxygen atoms in total. The third-order valence-corrected chi connectivity index (χ3v) is 5.88. The fourth-order valence-corrected chi connectivity index (χ4v) is 3.28. The van der Waals surface area contributed by atoms with Gasteiger partial charge in [-0.05, 0) is 83.9 Å².